The number of anilines is 2. The van der Waals surface area contributed by atoms with Crippen molar-refractivity contribution in [2.24, 2.45) is 0 Å². The van der Waals surface area contributed by atoms with Crippen molar-refractivity contribution in [2.75, 3.05) is 12.4 Å². The van der Waals surface area contributed by atoms with Crippen LogP contribution in [0.4, 0.5) is 10.7 Å². The van der Waals surface area contributed by atoms with Crippen molar-refractivity contribution in [2.45, 2.75) is 13.8 Å². The number of carbonyl (C=O) groups is 2. The molecule has 3 aromatic rings. The van der Waals surface area contributed by atoms with Gasteiger partial charge in [0.25, 0.3) is 0 Å². The molecule has 0 aliphatic rings. The van der Waals surface area contributed by atoms with E-state index < -0.39 is 5.97 Å². The first-order chi connectivity index (χ1) is 12.9. The van der Waals surface area contributed by atoms with Gasteiger partial charge in [0.2, 0.25) is 5.78 Å². The van der Waals surface area contributed by atoms with Gasteiger partial charge in [-0.25, -0.2) is 4.79 Å². The minimum atomic E-state index is -1.06. The molecule has 0 aliphatic carbocycles. The Hall–Kier alpha value is -3.12. The van der Waals surface area contributed by atoms with Gasteiger partial charge in [-0.3, -0.25) is 4.79 Å². The molecule has 5 nitrogen and oxygen atoms in total. The maximum absolute atomic E-state index is 12.9. The predicted octanol–water partition coefficient (Wildman–Crippen LogP) is 5.05. The van der Waals surface area contributed by atoms with Crippen LogP contribution in [-0.2, 0) is 0 Å². The summed E-state index contributed by atoms with van der Waals surface area (Å²) >= 11 is 1.15. The molecule has 0 saturated heterocycles. The number of aromatic carboxylic acids is 1. The second kappa shape index (κ2) is 7.63. The number of methoxy groups -OCH3 is 1. The Balaban J connectivity index is 1.99. The highest BCUT2D eigenvalue weighted by molar-refractivity contribution is 7.18. The van der Waals surface area contributed by atoms with E-state index in [1.807, 2.05) is 31.2 Å². The number of hydrogen-bond acceptors (Lipinski definition) is 5. The molecule has 27 heavy (non-hydrogen) atoms. The van der Waals surface area contributed by atoms with Gasteiger partial charge in [0, 0.05) is 11.3 Å². The number of thiophene rings is 1. The van der Waals surface area contributed by atoms with Crippen LogP contribution in [0.15, 0.2) is 48.5 Å². The predicted molar refractivity (Wildman–Crippen MR) is 107 cm³/mol. The van der Waals surface area contributed by atoms with E-state index in [1.54, 1.807) is 38.3 Å². The molecule has 0 saturated carbocycles. The SMILES string of the molecule is COc1ccc(C(=O)c2sc(Nc3ccc(C)cc3)c(C(=O)O)c2C)cc1. The third-order valence-electron chi connectivity index (χ3n) is 4.23. The molecule has 138 valence electrons. The van der Waals surface area contributed by atoms with E-state index in [0.717, 1.165) is 22.6 Å². The van der Waals surface area contributed by atoms with Crippen LogP contribution in [0, 0.1) is 13.8 Å². The molecule has 2 N–H and O–H groups in total. The lowest BCUT2D eigenvalue weighted by atomic mass is 10.0. The molecule has 0 spiro atoms. The number of hydrogen-bond donors (Lipinski definition) is 2. The first-order valence-corrected chi connectivity index (χ1v) is 9.11. The van der Waals surface area contributed by atoms with Crippen molar-refractivity contribution in [3.05, 3.63) is 75.7 Å². The fourth-order valence-electron chi connectivity index (χ4n) is 2.72. The Morgan fingerprint density at radius 3 is 2.19 bits per heavy atom. The molecule has 6 heteroatoms. The zero-order valence-electron chi connectivity index (χ0n) is 15.2. The van der Waals surface area contributed by atoms with Crippen LogP contribution in [0.25, 0.3) is 0 Å². The fourth-order valence-corrected chi connectivity index (χ4v) is 3.90. The zero-order valence-corrected chi connectivity index (χ0v) is 16.0. The molecule has 1 aromatic heterocycles. The summed E-state index contributed by atoms with van der Waals surface area (Å²) in [7, 11) is 1.56. The summed E-state index contributed by atoms with van der Waals surface area (Å²) in [6, 6.07) is 14.4. The first-order valence-electron chi connectivity index (χ1n) is 8.30. The molecular formula is C21H19NO4S. The Kier molecular flexibility index (Phi) is 5.28. The quantitative estimate of drug-likeness (QED) is 0.585. The normalized spacial score (nSPS) is 10.5. The van der Waals surface area contributed by atoms with E-state index in [9.17, 15) is 14.7 Å². The van der Waals surface area contributed by atoms with Gasteiger partial charge >= 0.3 is 5.97 Å². The van der Waals surface area contributed by atoms with Crippen LogP contribution in [-0.4, -0.2) is 24.0 Å². The van der Waals surface area contributed by atoms with Gasteiger partial charge in [-0.2, -0.15) is 0 Å². The van der Waals surface area contributed by atoms with E-state index in [4.69, 9.17) is 4.74 Å². The Morgan fingerprint density at radius 1 is 1.00 bits per heavy atom. The number of carbonyl (C=O) groups excluding carboxylic acids is 1. The molecular weight excluding hydrogens is 362 g/mol. The standard InChI is InChI=1S/C21H19NO4S/c1-12-4-8-15(9-5-12)22-20-17(21(24)25)13(2)19(27-20)18(23)14-6-10-16(26-3)11-7-14/h4-11,22H,1-3H3,(H,24,25). The molecule has 1 heterocycles. The van der Waals surface area contributed by atoms with Gasteiger partial charge in [0.1, 0.15) is 10.8 Å². The number of rotatable bonds is 6. The molecule has 0 aliphatic heterocycles. The highest BCUT2D eigenvalue weighted by Gasteiger charge is 2.25. The van der Waals surface area contributed by atoms with Crippen molar-refractivity contribution in [1.82, 2.24) is 0 Å². The van der Waals surface area contributed by atoms with Gasteiger partial charge in [0.05, 0.1) is 17.6 Å². The summed E-state index contributed by atoms with van der Waals surface area (Å²) in [6.45, 7) is 3.64. The summed E-state index contributed by atoms with van der Waals surface area (Å²) in [6.07, 6.45) is 0. The third-order valence-corrected chi connectivity index (χ3v) is 5.43. The van der Waals surface area contributed by atoms with Crippen LogP contribution in [0.1, 0.15) is 36.7 Å². The van der Waals surface area contributed by atoms with Crippen LogP contribution >= 0.6 is 11.3 Å². The lowest BCUT2D eigenvalue weighted by Crippen LogP contribution is -2.04. The fraction of sp³-hybridized carbons (Fsp3) is 0.143. The topological polar surface area (TPSA) is 75.6 Å². The third kappa shape index (κ3) is 3.85. The summed E-state index contributed by atoms with van der Waals surface area (Å²) in [5, 5.41) is 13.2. The smallest absolute Gasteiger partial charge is 0.339 e. The van der Waals surface area contributed by atoms with E-state index in [2.05, 4.69) is 5.32 Å². The monoisotopic (exact) mass is 381 g/mol. The maximum Gasteiger partial charge on any atom is 0.339 e. The highest BCUT2D eigenvalue weighted by Crippen LogP contribution is 2.36. The summed E-state index contributed by atoms with van der Waals surface area (Å²) in [5.74, 6) is -0.617. The summed E-state index contributed by atoms with van der Waals surface area (Å²) < 4.78 is 5.11. The number of ketones is 1. The van der Waals surface area contributed by atoms with Crippen molar-refractivity contribution in [1.29, 1.82) is 0 Å². The van der Waals surface area contributed by atoms with Crippen LogP contribution in [0.2, 0.25) is 0 Å². The molecule has 0 amide bonds. The van der Waals surface area contributed by atoms with E-state index >= 15 is 0 Å². The second-order valence-corrected chi connectivity index (χ2v) is 7.13. The minimum Gasteiger partial charge on any atom is -0.497 e. The highest BCUT2D eigenvalue weighted by atomic mass is 32.1. The molecule has 0 bridgehead atoms. The van der Waals surface area contributed by atoms with Gasteiger partial charge in [0.15, 0.2) is 0 Å². The number of carboxylic acids is 1. The van der Waals surface area contributed by atoms with Gasteiger partial charge in [-0.05, 0) is 55.8 Å². The first kappa shape index (κ1) is 18.7. The van der Waals surface area contributed by atoms with Crippen LogP contribution in [0.3, 0.4) is 0 Å². The van der Waals surface area contributed by atoms with E-state index in [-0.39, 0.29) is 11.3 Å². The number of aryl methyl sites for hydroxylation is 1. The average molecular weight is 381 g/mol. The Labute approximate surface area is 161 Å². The molecule has 0 fully saturated rings. The van der Waals surface area contributed by atoms with E-state index in [1.165, 1.54) is 0 Å². The molecule has 3 rings (SSSR count). The number of carboxylic acid groups (broad SMARTS) is 1. The lowest BCUT2D eigenvalue weighted by Gasteiger charge is -2.05. The number of ether oxygens (including phenoxy) is 1. The number of nitrogens with one attached hydrogen (secondary N) is 1. The largest absolute Gasteiger partial charge is 0.497 e. The zero-order chi connectivity index (χ0) is 19.6. The van der Waals surface area contributed by atoms with E-state index in [0.29, 0.717) is 26.8 Å². The number of benzene rings is 2. The van der Waals surface area contributed by atoms with Crippen molar-refractivity contribution >= 4 is 33.8 Å². The second-order valence-electron chi connectivity index (χ2n) is 6.11. The summed E-state index contributed by atoms with van der Waals surface area (Å²) in [4.78, 5) is 25.1. The van der Waals surface area contributed by atoms with Crippen molar-refractivity contribution in [3.63, 3.8) is 0 Å². The van der Waals surface area contributed by atoms with Crippen molar-refractivity contribution < 1.29 is 19.4 Å². The molecule has 0 unspecified atom stereocenters. The van der Waals surface area contributed by atoms with Gasteiger partial charge in [-0.15, -0.1) is 11.3 Å². The average Bonchev–Trinajstić information content (AvgIpc) is 2.99. The Bertz CT molecular complexity index is 988. The van der Waals surface area contributed by atoms with Crippen LogP contribution in [0.5, 0.6) is 5.75 Å². The van der Waals surface area contributed by atoms with Crippen molar-refractivity contribution in [3.8, 4) is 5.75 Å². The maximum atomic E-state index is 12.9. The van der Waals surface area contributed by atoms with Gasteiger partial charge < -0.3 is 15.2 Å². The molecule has 0 atom stereocenters. The Morgan fingerprint density at radius 2 is 1.63 bits per heavy atom. The summed E-state index contributed by atoms with van der Waals surface area (Å²) in [5.41, 5.74) is 2.95. The molecule has 0 radical (unpaired) electrons. The minimum absolute atomic E-state index is 0.123. The molecule has 2 aromatic carbocycles. The van der Waals surface area contributed by atoms with Gasteiger partial charge in [-0.1, -0.05) is 17.7 Å². The lowest BCUT2D eigenvalue weighted by molar-refractivity contribution is 0.0697. The van der Waals surface area contributed by atoms with Crippen LogP contribution < -0.4 is 10.1 Å².